The minimum Gasteiger partial charge on any atom is -0.481 e. The Kier molecular flexibility index (Phi) is 6.03. The molecular weight excluding hydrogens is 385 g/mol. The molecular formula is C20H16FNO3S2. The molecule has 0 saturated carbocycles. The first kappa shape index (κ1) is 19.3. The Labute approximate surface area is 165 Å². The van der Waals surface area contributed by atoms with Crippen LogP contribution in [0.5, 0.6) is 0 Å². The first-order chi connectivity index (χ1) is 12.9. The van der Waals surface area contributed by atoms with Gasteiger partial charge in [0.25, 0.3) is 5.91 Å². The van der Waals surface area contributed by atoms with Gasteiger partial charge < -0.3 is 5.11 Å². The number of carbonyl (C=O) groups is 2. The Hall–Kier alpha value is -2.51. The molecule has 3 rings (SSSR count). The van der Waals surface area contributed by atoms with E-state index in [1.807, 2.05) is 30.3 Å². The van der Waals surface area contributed by atoms with E-state index in [1.54, 1.807) is 12.1 Å². The number of hydrogen-bond donors (Lipinski definition) is 1. The van der Waals surface area contributed by atoms with Crippen molar-refractivity contribution in [2.24, 2.45) is 0 Å². The molecule has 1 saturated heterocycles. The van der Waals surface area contributed by atoms with Crippen LogP contribution in [0.4, 0.5) is 4.39 Å². The highest BCUT2D eigenvalue weighted by molar-refractivity contribution is 8.26. The molecule has 1 aliphatic heterocycles. The summed E-state index contributed by atoms with van der Waals surface area (Å²) in [5.74, 6) is -1.42. The smallest absolute Gasteiger partial charge is 0.303 e. The van der Waals surface area contributed by atoms with E-state index in [1.165, 1.54) is 28.8 Å². The number of rotatable bonds is 6. The first-order valence-electron chi connectivity index (χ1n) is 8.27. The van der Waals surface area contributed by atoms with E-state index in [4.69, 9.17) is 17.3 Å². The molecule has 0 aliphatic carbocycles. The summed E-state index contributed by atoms with van der Waals surface area (Å²) >= 11 is 6.45. The number of carboxylic acids is 1. The third-order valence-electron chi connectivity index (χ3n) is 3.99. The van der Waals surface area contributed by atoms with Crippen LogP contribution < -0.4 is 0 Å². The Bertz CT molecular complexity index is 942. The first-order valence-corrected chi connectivity index (χ1v) is 9.50. The van der Waals surface area contributed by atoms with Gasteiger partial charge in [-0.05, 0) is 47.4 Å². The van der Waals surface area contributed by atoms with Crippen molar-refractivity contribution >= 4 is 46.3 Å². The third-order valence-corrected chi connectivity index (χ3v) is 5.37. The lowest BCUT2D eigenvalue weighted by atomic mass is 10.0. The summed E-state index contributed by atoms with van der Waals surface area (Å²) in [6.07, 6.45) is 2.09. The van der Waals surface area contributed by atoms with Crippen molar-refractivity contribution in [3.63, 3.8) is 0 Å². The highest BCUT2D eigenvalue weighted by atomic mass is 32.2. The predicted octanol–water partition coefficient (Wildman–Crippen LogP) is 4.56. The fraction of sp³-hybridized carbons (Fsp3) is 0.150. The molecule has 1 heterocycles. The van der Waals surface area contributed by atoms with Crippen LogP contribution >= 0.6 is 24.0 Å². The number of benzene rings is 2. The maximum Gasteiger partial charge on any atom is 0.303 e. The number of halogens is 1. The Morgan fingerprint density at radius 3 is 2.59 bits per heavy atom. The van der Waals surface area contributed by atoms with Gasteiger partial charge in [0.05, 0.1) is 4.91 Å². The zero-order chi connectivity index (χ0) is 19.4. The molecule has 0 spiro atoms. The third kappa shape index (κ3) is 4.81. The molecule has 0 radical (unpaired) electrons. The lowest BCUT2D eigenvalue weighted by Gasteiger charge is -2.13. The molecule has 27 heavy (non-hydrogen) atoms. The van der Waals surface area contributed by atoms with Gasteiger partial charge in [-0.1, -0.05) is 54.3 Å². The highest BCUT2D eigenvalue weighted by Crippen LogP contribution is 2.33. The number of carboxylic acid groups (broad SMARTS) is 1. The van der Waals surface area contributed by atoms with Crippen LogP contribution in [0.1, 0.15) is 18.4 Å². The molecule has 0 bridgehead atoms. The average Bonchev–Trinajstić information content (AvgIpc) is 2.89. The quantitative estimate of drug-likeness (QED) is 0.568. The summed E-state index contributed by atoms with van der Waals surface area (Å²) in [5.41, 5.74) is 2.41. The van der Waals surface area contributed by atoms with Gasteiger partial charge in [0.15, 0.2) is 0 Å². The van der Waals surface area contributed by atoms with Gasteiger partial charge in [-0.25, -0.2) is 4.39 Å². The normalized spacial score (nSPS) is 15.6. The monoisotopic (exact) mass is 401 g/mol. The van der Waals surface area contributed by atoms with E-state index in [-0.39, 0.29) is 24.7 Å². The van der Waals surface area contributed by atoms with E-state index in [0.717, 1.165) is 16.7 Å². The lowest BCUT2D eigenvalue weighted by Crippen LogP contribution is -2.29. The summed E-state index contributed by atoms with van der Waals surface area (Å²) < 4.78 is 13.9. The number of thiocarbonyl (C=S) groups is 1. The number of amides is 1. The van der Waals surface area contributed by atoms with E-state index < -0.39 is 5.97 Å². The topological polar surface area (TPSA) is 57.6 Å². The van der Waals surface area contributed by atoms with E-state index in [2.05, 4.69) is 0 Å². The van der Waals surface area contributed by atoms with Crippen molar-refractivity contribution in [1.82, 2.24) is 4.90 Å². The molecule has 1 N–H and O–H groups in total. The SMILES string of the molecule is O=C(O)CCCN1C(=O)C(=Cc2cccc(-c3cccc(F)c3)c2)SC1=S. The van der Waals surface area contributed by atoms with Gasteiger partial charge >= 0.3 is 5.97 Å². The van der Waals surface area contributed by atoms with E-state index in [0.29, 0.717) is 15.6 Å². The minimum atomic E-state index is -0.898. The van der Waals surface area contributed by atoms with Gasteiger partial charge in [0.1, 0.15) is 10.1 Å². The molecule has 1 fully saturated rings. The Morgan fingerprint density at radius 2 is 1.89 bits per heavy atom. The zero-order valence-electron chi connectivity index (χ0n) is 14.2. The summed E-state index contributed by atoms with van der Waals surface area (Å²) in [6.45, 7) is 0.289. The largest absolute Gasteiger partial charge is 0.481 e. The maximum atomic E-state index is 13.5. The molecule has 4 nitrogen and oxygen atoms in total. The summed E-state index contributed by atoms with van der Waals surface area (Å²) in [7, 11) is 0. The molecule has 2 aromatic carbocycles. The van der Waals surface area contributed by atoms with Crippen LogP contribution in [-0.4, -0.2) is 32.7 Å². The second kappa shape index (κ2) is 8.45. The van der Waals surface area contributed by atoms with Crippen LogP contribution in [0.25, 0.3) is 17.2 Å². The number of thioether (sulfide) groups is 1. The maximum absolute atomic E-state index is 13.5. The van der Waals surface area contributed by atoms with Crippen LogP contribution in [0.15, 0.2) is 53.4 Å². The predicted molar refractivity (Wildman–Crippen MR) is 109 cm³/mol. The van der Waals surface area contributed by atoms with E-state index >= 15 is 0 Å². The molecule has 2 aromatic rings. The van der Waals surface area contributed by atoms with Crippen molar-refractivity contribution < 1.29 is 19.1 Å². The molecule has 7 heteroatoms. The number of nitrogens with zero attached hydrogens (tertiary/aromatic N) is 1. The average molecular weight is 401 g/mol. The van der Waals surface area contributed by atoms with Gasteiger partial charge in [0, 0.05) is 13.0 Å². The second-order valence-corrected chi connectivity index (χ2v) is 7.64. The van der Waals surface area contributed by atoms with Crippen LogP contribution in [0.3, 0.4) is 0 Å². The zero-order valence-corrected chi connectivity index (χ0v) is 15.9. The van der Waals surface area contributed by atoms with Crippen molar-refractivity contribution in [2.45, 2.75) is 12.8 Å². The van der Waals surface area contributed by atoms with Crippen molar-refractivity contribution in [1.29, 1.82) is 0 Å². The van der Waals surface area contributed by atoms with Crippen LogP contribution in [-0.2, 0) is 9.59 Å². The van der Waals surface area contributed by atoms with Gasteiger partial charge in [-0.3, -0.25) is 14.5 Å². The Morgan fingerprint density at radius 1 is 1.19 bits per heavy atom. The van der Waals surface area contributed by atoms with E-state index in [9.17, 15) is 14.0 Å². The lowest BCUT2D eigenvalue weighted by molar-refractivity contribution is -0.137. The van der Waals surface area contributed by atoms with Crippen molar-refractivity contribution in [3.8, 4) is 11.1 Å². The standard InChI is InChI=1S/C20H16FNO3S2/c21-16-7-2-6-15(12-16)14-5-1-4-13(10-14)11-17-19(25)22(20(26)27-17)9-3-8-18(23)24/h1-2,4-7,10-12H,3,8-9H2,(H,23,24). The fourth-order valence-electron chi connectivity index (χ4n) is 2.71. The number of carbonyl (C=O) groups excluding carboxylic acids is 1. The Balaban J connectivity index is 1.79. The molecule has 138 valence electrons. The molecule has 1 amide bonds. The van der Waals surface area contributed by atoms with Crippen molar-refractivity contribution in [3.05, 3.63) is 64.8 Å². The minimum absolute atomic E-state index is 0.00815. The molecule has 1 aliphatic rings. The van der Waals surface area contributed by atoms with Gasteiger partial charge in [-0.15, -0.1) is 0 Å². The number of hydrogen-bond acceptors (Lipinski definition) is 4. The van der Waals surface area contributed by atoms with Crippen LogP contribution in [0.2, 0.25) is 0 Å². The summed E-state index contributed by atoms with van der Waals surface area (Å²) in [5, 5.41) is 8.73. The molecule has 0 atom stereocenters. The van der Waals surface area contributed by atoms with Crippen molar-refractivity contribution in [2.75, 3.05) is 6.54 Å². The highest BCUT2D eigenvalue weighted by Gasteiger charge is 2.31. The van der Waals surface area contributed by atoms with Crippen LogP contribution in [0, 0.1) is 5.82 Å². The van der Waals surface area contributed by atoms with Gasteiger partial charge in [-0.2, -0.15) is 0 Å². The molecule has 0 aromatic heterocycles. The summed E-state index contributed by atoms with van der Waals surface area (Å²) in [4.78, 5) is 25.1. The second-order valence-electron chi connectivity index (χ2n) is 5.97. The number of aliphatic carboxylic acids is 1. The summed E-state index contributed by atoms with van der Waals surface area (Å²) in [6, 6.07) is 13.8. The molecule has 0 unspecified atom stereocenters. The fourth-order valence-corrected chi connectivity index (χ4v) is 4.02. The van der Waals surface area contributed by atoms with Gasteiger partial charge in [0.2, 0.25) is 0 Å².